The highest BCUT2D eigenvalue weighted by molar-refractivity contribution is 5.94. The maximum atomic E-state index is 13.0. The largest absolute Gasteiger partial charge is 0.336 e. The predicted octanol–water partition coefficient (Wildman–Crippen LogP) is 1.61. The third-order valence-corrected chi connectivity index (χ3v) is 5.43. The Morgan fingerprint density at radius 2 is 2.04 bits per heavy atom. The molecule has 0 aromatic carbocycles. The molecule has 7 nitrogen and oxygen atoms in total. The van der Waals surface area contributed by atoms with Gasteiger partial charge in [0, 0.05) is 32.0 Å². The molecule has 4 heterocycles. The van der Waals surface area contributed by atoms with Crippen molar-refractivity contribution in [1.29, 1.82) is 5.26 Å². The van der Waals surface area contributed by atoms with Crippen LogP contribution in [0.3, 0.4) is 0 Å². The lowest BCUT2D eigenvalue weighted by Gasteiger charge is -2.23. The van der Waals surface area contributed by atoms with Crippen LogP contribution in [0.4, 0.5) is 0 Å². The van der Waals surface area contributed by atoms with Gasteiger partial charge in [0.05, 0.1) is 23.2 Å². The fourth-order valence-electron chi connectivity index (χ4n) is 3.90. The lowest BCUT2D eigenvalue weighted by Crippen LogP contribution is -2.38. The molecule has 2 aliphatic heterocycles. The van der Waals surface area contributed by atoms with Crippen LogP contribution >= 0.6 is 0 Å². The van der Waals surface area contributed by atoms with E-state index in [0.29, 0.717) is 43.9 Å². The molecule has 1 unspecified atom stereocenters. The van der Waals surface area contributed by atoms with Crippen LogP contribution in [0.1, 0.15) is 34.6 Å². The van der Waals surface area contributed by atoms with Gasteiger partial charge in [-0.2, -0.15) is 5.26 Å². The van der Waals surface area contributed by atoms with E-state index in [1.165, 1.54) is 6.20 Å². The predicted molar refractivity (Wildman–Crippen MR) is 96.2 cm³/mol. The molecule has 1 atom stereocenters. The summed E-state index contributed by atoms with van der Waals surface area (Å²) in [6.07, 6.45) is 4.55. The molecule has 1 spiro atoms. The van der Waals surface area contributed by atoms with Crippen LogP contribution in [-0.2, 0) is 11.3 Å². The monoisotopic (exact) mass is 361 g/mol. The first-order valence-electron chi connectivity index (χ1n) is 8.96. The number of rotatable bonds is 3. The Morgan fingerprint density at radius 3 is 2.74 bits per heavy atom. The number of carbonyl (C=O) groups excluding carboxylic acids is 2. The van der Waals surface area contributed by atoms with E-state index in [-0.39, 0.29) is 11.8 Å². The molecule has 0 saturated carbocycles. The quantitative estimate of drug-likeness (QED) is 0.828. The second-order valence-corrected chi connectivity index (χ2v) is 7.10. The summed E-state index contributed by atoms with van der Waals surface area (Å²) in [4.78, 5) is 37.7. The van der Waals surface area contributed by atoms with E-state index in [9.17, 15) is 9.59 Å². The van der Waals surface area contributed by atoms with Gasteiger partial charge in [0.1, 0.15) is 11.8 Å². The van der Waals surface area contributed by atoms with Crippen molar-refractivity contribution in [2.24, 2.45) is 5.41 Å². The number of hydrogen-bond donors (Lipinski definition) is 0. The van der Waals surface area contributed by atoms with Gasteiger partial charge in [0.2, 0.25) is 5.91 Å². The Hall–Kier alpha value is -3.27. The molecule has 0 radical (unpaired) electrons. The number of aromatic nitrogens is 2. The molecule has 0 aliphatic carbocycles. The second kappa shape index (κ2) is 6.80. The molecular formula is C20H19N5O2. The zero-order valence-corrected chi connectivity index (χ0v) is 14.8. The standard InChI is InChI=1S/C20H19N5O2/c21-11-15-4-5-17(23-12-15)18(26)25-10-7-20(14-25)6-9-24(19(20)27)13-16-3-1-2-8-22-16/h1-5,8,12H,6-7,9-10,13-14H2. The van der Waals surface area contributed by atoms with Crippen LogP contribution in [-0.4, -0.2) is 51.2 Å². The molecule has 0 N–H and O–H groups in total. The minimum atomic E-state index is -0.489. The summed E-state index contributed by atoms with van der Waals surface area (Å²) in [7, 11) is 0. The molecule has 2 saturated heterocycles. The first-order valence-corrected chi connectivity index (χ1v) is 8.96. The topological polar surface area (TPSA) is 90.2 Å². The van der Waals surface area contributed by atoms with Crippen molar-refractivity contribution in [1.82, 2.24) is 19.8 Å². The fourth-order valence-corrected chi connectivity index (χ4v) is 3.90. The molecule has 2 aliphatic rings. The third kappa shape index (κ3) is 3.14. The Balaban J connectivity index is 1.44. The zero-order valence-electron chi connectivity index (χ0n) is 14.8. The van der Waals surface area contributed by atoms with E-state index in [1.54, 1.807) is 23.2 Å². The summed E-state index contributed by atoms with van der Waals surface area (Å²) in [5.74, 6) is -0.0800. The van der Waals surface area contributed by atoms with Crippen LogP contribution in [0.15, 0.2) is 42.7 Å². The second-order valence-electron chi connectivity index (χ2n) is 7.10. The van der Waals surface area contributed by atoms with Crippen molar-refractivity contribution in [2.75, 3.05) is 19.6 Å². The molecular weight excluding hydrogens is 342 g/mol. The van der Waals surface area contributed by atoms with Crippen molar-refractivity contribution >= 4 is 11.8 Å². The molecule has 2 fully saturated rings. The highest BCUT2D eigenvalue weighted by atomic mass is 16.2. The molecule has 0 bridgehead atoms. The first-order chi connectivity index (χ1) is 13.1. The van der Waals surface area contributed by atoms with E-state index in [0.717, 1.165) is 12.1 Å². The normalized spacial score (nSPS) is 21.7. The molecule has 136 valence electrons. The third-order valence-electron chi connectivity index (χ3n) is 5.43. The van der Waals surface area contributed by atoms with Crippen molar-refractivity contribution in [3.05, 3.63) is 59.7 Å². The maximum Gasteiger partial charge on any atom is 0.272 e. The number of nitriles is 1. The van der Waals surface area contributed by atoms with Crippen molar-refractivity contribution in [2.45, 2.75) is 19.4 Å². The summed E-state index contributed by atoms with van der Waals surface area (Å²) >= 11 is 0. The van der Waals surface area contributed by atoms with Gasteiger partial charge in [-0.25, -0.2) is 4.98 Å². The molecule has 2 aromatic heterocycles. The van der Waals surface area contributed by atoms with Crippen LogP contribution in [0, 0.1) is 16.7 Å². The first kappa shape index (κ1) is 17.2. The number of carbonyl (C=O) groups is 2. The SMILES string of the molecule is N#Cc1ccc(C(=O)N2CCC3(CCN(Cc4ccccn4)C3=O)C2)nc1. The van der Waals surface area contributed by atoms with Crippen LogP contribution in [0.2, 0.25) is 0 Å². The number of pyridine rings is 2. The van der Waals surface area contributed by atoms with E-state index in [1.807, 2.05) is 29.2 Å². The number of amides is 2. The van der Waals surface area contributed by atoms with Gasteiger partial charge in [0.25, 0.3) is 5.91 Å². The minimum absolute atomic E-state index is 0.108. The summed E-state index contributed by atoms with van der Waals surface area (Å²) < 4.78 is 0. The molecule has 2 amide bonds. The van der Waals surface area contributed by atoms with Gasteiger partial charge in [-0.05, 0) is 37.1 Å². The summed E-state index contributed by atoms with van der Waals surface area (Å²) in [6, 6.07) is 10.8. The smallest absolute Gasteiger partial charge is 0.272 e. The van der Waals surface area contributed by atoms with Crippen LogP contribution in [0.25, 0.3) is 0 Å². The summed E-state index contributed by atoms with van der Waals surface area (Å²) in [5, 5.41) is 8.85. The maximum absolute atomic E-state index is 13.0. The molecule has 27 heavy (non-hydrogen) atoms. The summed E-state index contributed by atoms with van der Waals surface area (Å²) in [5.41, 5.74) is 1.11. The Labute approximate surface area is 157 Å². The van der Waals surface area contributed by atoms with Crippen LogP contribution in [0.5, 0.6) is 0 Å². The van der Waals surface area contributed by atoms with Crippen molar-refractivity contribution in [3.8, 4) is 6.07 Å². The molecule has 2 aromatic rings. The van der Waals surface area contributed by atoms with Crippen molar-refractivity contribution < 1.29 is 9.59 Å². The van der Waals surface area contributed by atoms with E-state index in [4.69, 9.17) is 5.26 Å². The van der Waals surface area contributed by atoms with Gasteiger partial charge in [-0.15, -0.1) is 0 Å². The zero-order chi connectivity index (χ0) is 18.9. The number of likely N-dealkylation sites (tertiary alicyclic amines) is 2. The Kier molecular flexibility index (Phi) is 4.32. The van der Waals surface area contributed by atoms with E-state index < -0.39 is 5.41 Å². The Morgan fingerprint density at radius 1 is 1.19 bits per heavy atom. The average Bonchev–Trinajstić information content (AvgIpc) is 3.28. The molecule has 4 rings (SSSR count). The number of nitrogens with zero attached hydrogens (tertiary/aromatic N) is 5. The molecule has 7 heteroatoms. The highest BCUT2D eigenvalue weighted by Gasteiger charge is 2.51. The fraction of sp³-hybridized carbons (Fsp3) is 0.350. The van der Waals surface area contributed by atoms with E-state index in [2.05, 4.69) is 9.97 Å². The minimum Gasteiger partial charge on any atom is -0.336 e. The van der Waals surface area contributed by atoms with Gasteiger partial charge >= 0.3 is 0 Å². The van der Waals surface area contributed by atoms with E-state index >= 15 is 0 Å². The lowest BCUT2D eigenvalue weighted by atomic mass is 9.85. The number of hydrogen-bond acceptors (Lipinski definition) is 5. The summed E-state index contributed by atoms with van der Waals surface area (Å²) in [6.45, 7) is 2.16. The van der Waals surface area contributed by atoms with Gasteiger partial charge in [-0.1, -0.05) is 6.07 Å². The van der Waals surface area contributed by atoms with Crippen LogP contribution < -0.4 is 0 Å². The highest BCUT2D eigenvalue weighted by Crippen LogP contribution is 2.41. The van der Waals surface area contributed by atoms with Crippen molar-refractivity contribution in [3.63, 3.8) is 0 Å². The van der Waals surface area contributed by atoms with Gasteiger partial charge in [0.15, 0.2) is 0 Å². The Bertz CT molecular complexity index is 906. The van der Waals surface area contributed by atoms with Gasteiger partial charge < -0.3 is 9.80 Å². The van der Waals surface area contributed by atoms with Gasteiger partial charge in [-0.3, -0.25) is 14.6 Å². The lowest BCUT2D eigenvalue weighted by molar-refractivity contribution is -0.135. The average molecular weight is 361 g/mol.